The Kier molecular flexibility index (Phi) is 8.85. The first-order valence-corrected chi connectivity index (χ1v) is 17.7. The van der Waals surface area contributed by atoms with E-state index in [1.165, 1.54) is 12.8 Å². The SMILES string of the molecule is N#Cc1cnn2c(-c3cc(NC4CCOCC4)c(-c4nnc(N5CCN(CC6CCN(c7ccccn7)CC6)CC5)s4)cn3)ccc2c1. The Morgan fingerprint density at radius 1 is 0.896 bits per heavy atom. The summed E-state index contributed by atoms with van der Waals surface area (Å²) in [5, 5.41) is 28.7. The van der Waals surface area contributed by atoms with Crippen molar-refractivity contribution in [3.05, 3.63) is 66.6 Å². The lowest BCUT2D eigenvalue weighted by Crippen LogP contribution is -2.49. The molecule has 0 atom stereocenters. The summed E-state index contributed by atoms with van der Waals surface area (Å²) in [7, 11) is 0. The van der Waals surface area contributed by atoms with Crippen molar-refractivity contribution in [1.29, 1.82) is 5.26 Å². The standard InChI is InChI=1S/C35H39N11OS/c36-21-26-19-28-4-5-32(46(28)39-22-26)31-20-30(40-27-8-17-47-18-9-27)29(23-38-31)34-41-42-35(48-34)45-15-13-43(14-16-45)24-25-6-11-44(12-7-25)33-3-1-2-10-37-33/h1-5,10,19-20,22-23,25,27H,6-9,11-18,24H2,(H,38,40). The number of nitrogens with zero attached hydrogens (tertiary/aromatic N) is 10. The molecule has 0 aliphatic carbocycles. The van der Waals surface area contributed by atoms with Crippen LogP contribution < -0.4 is 15.1 Å². The van der Waals surface area contributed by atoms with Crippen molar-refractivity contribution in [3.8, 4) is 28.0 Å². The van der Waals surface area contributed by atoms with Crippen molar-refractivity contribution < 1.29 is 4.74 Å². The second-order valence-electron chi connectivity index (χ2n) is 12.9. The molecule has 0 bridgehead atoms. The highest BCUT2D eigenvalue weighted by molar-refractivity contribution is 7.18. The van der Waals surface area contributed by atoms with Crippen LogP contribution in [0.1, 0.15) is 31.2 Å². The number of hydrogen-bond donors (Lipinski definition) is 1. The van der Waals surface area contributed by atoms with Gasteiger partial charge in [0.15, 0.2) is 5.01 Å². The monoisotopic (exact) mass is 661 g/mol. The van der Waals surface area contributed by atoms with E-state index in [1.54, 1.807) is 17.5 Å². The highest BCUT2D eigenvalue weighted by atomic mass is 32.1. The van der Waals surface area contributed by atoms with Crippen LogP contribution in [0.4, 0.5) is 16.6 Å². The molecule has 5 aromatic rings. The fourth-order valence-corrected chi connectivity index (χ4v) is 7.95. The van der Waals surface area contributed by atoms with Gasteiger partial charge in [-0.15, -0.1) is 10.2 Å². The zero-order valence-corrected chi connectivity index (χ0v) is 27.7. The van der Waals surface area contributed by atoms with Crippen molar-refractivity contribution >= 4 is 33.5 Å². The third-order valence-electron chi connectivity index (χ3n) is 9.77. The second-order valence-corrected chi connectivity index (χ2v) is 13.8. The fourth-order valence-electron chi connectivity index (χ4n) is 7.03. The Labute approximate surface area is 284 Å². The molecule has 8 heterocycles. The second kappa shape index (κ2) is 13.8. The molecule has 0 aromatic carbocycles. The van der Waals surface area contributed by atoms with Crippen molar-refractivity contribution in [2.45, 2.75) is 31.7 Å². The van der Waals surface area contributed by atoms with Gasteiger partial charge >= 0.3 is 0 Å². The van der Waals surface area contributed by atoms with Gasteiger partial charge in [-0.1, -0.05) is 17.4 Å². The number of ether oxygens (including phenoxy) is 1. The lowest BCUT2D eigenvalue weighted by atomic mass is 9.96. The molecule has 3 saturated heterocycles. The van der Waals surface area contributed by atoms with Gasteiger partial charge in [-0.25, -0.2) is 9.50 Å². The molecule has 12 nitrogen and oxygen atoms in total. The van der Waals surface area contributed by atoms with E-state index in [-0.39, 0.29) is 0 Å². The van der Waals surface area contributed by atoms with E-state index in [0.717, 1.165) is 122 Å². The number of rotatable bonds is 8. The number of piperazine rings is 1. The van der Waals surface area contributed by atoms with E-state index in [4.69, 9.17) is 9.72 Å². The highest BCUT2D eigenvalue weighted by Gasteiger charge is 2.26. The number of piperidine rings is 1. The fraction of sp³-hybridized carbons (Fsp3) is 0.429. The first kappa shape index (κ1) is 30.7. The Morgan fingerprint density at radius 2 is 1.75 bits per heavy atom. The third-order valence-corrected chi connectivity index (χ3v) is 10.8. The third kappa shape index (κ3) is 6.56. The average Bonchev–Trinajstić information content (AvgIpc) is 3.81. The van der Waals surface area contributed by atoms with Crippen molar-refractivity contribution in [1.82, 2.24) is 34.7 Å². The normalized spacial score (nSPS) is 18.3. The molecule has 0 unspecified atom stereocenters. The first-order valence-electron chi connectivity index (χ1n) is 16.9. The lowest BCUT2D eigenvalue weighted by molar-refractivity contribution is 0.0904. The number of fused-ring (bicyclic) bond motifs is 1. The van der Waals surface area contributed by atoms with Crippen LogP contribution in [-0.2, 0) is 4.74 Å². The number of nitrogens with one attached hydrogen (secondary N) is 1. The number of nitriles is 1. The molecule has 5 aromatic heterocycles. The van der Waals surface area contributed by atoms with Crippen LogP contribution in [0.5, 0.6) is 0 Å². The number of hydrogen-bond acceptors (Lipinski definition) is 12. The van der Waals surface area contributed by atoms with Crippen LogP contribution in [0.2, 0.25) is 0 Å². The number of aromatic nitrogens is 6. The zero-order valence-electron chi connectivity index (χ0n) is 26.9. The molecule has 3 fully saturated rings. The molecule has 13 heteroatoms. The van der Waals surface area contributed by atoms with Gasteiger partial charge in [0.1, 0.15) is 11.9 Å². The van der Waals surface area contributed by atoms with Gasteiger partial charge in [0.25, 0.3) is 0 Å². The van der Waals surface area contributed by atoms with Crippen LogP contribution in [0.3, 0.4) is 0 Å². The Balaban J connectivity index is 0.944. The van der Waals surface area contributed by atoms with E-state index in [2.05, 4.69) is 64.6 Å². The summed E-state index contributed by atoms with van der Waals surface area (Å²) < 4.78 is 7.45. The van der Waals surface area contributed by atoms with Gasteiger partial charge in [0, 0.05) is 83.1 Å². The molecule has 0 saturated carbocycles. The maximum atomic E-state index is 9.30. The largest absolute Gasteiger partial charge is 0.381 e. The van der Waals surface area contributed by atoms with E-state index in [9.17, 15) is 5.26 Å². The summed E-state index contributed by atoms with van der Waals surface area (Å²) in [5.74, 6) is 1.83. The molecule has 0 amide bonds. The summed E-state index contributed by atoms with van der Waals surface area (Å²) in [6, 6.07) is 16.5. The molecule has 0 radical (unpaired) electrons. The van der Waals surface area contributed by atoms with Gasteiger partial charge in [0.05, 0.1) is 34.2 Å². The lowest BCUT2D eigenvalue weighted by Gasteiger charge is -2.39. The molecule has 48 heavy (non-hydrogen) atoms. The van der Waals surface area contributed by atoms with Gasteiger partial charge in [0.2, 0.25) is 5.13 Å². The molecule has 3 aliphatic heterocycles. The van der Waals surface area contributed by atoms with E-state index < -0.39 is 0 Å². The van der Waals surface area contributed by atoms with E-state index >= 15 is 0 Å². The molecule has 0 spiro atoms. The number of anilines is 3. The Hall–Kier alpha value is -4.64. The minimum absolute atomic E-state index is 0.302. The minimum Gasteiger partial charge on any atom is -0.381 e. The smallest absolute Gasteiger partial charge is 0.208 e. The number of pyridine rings is 2. The predicted octanol–water partition coefficient (Wildman–Crippen LogP) is 4.81. The van der Waals surface area contributed by atoms with Crippen LogP contribution in [-0.4, -0.2) is 99.7 Å². The Morgan fingerprint density at radius 3 is 2.54 bits per heavy atom. The molecule has 1 N–H and O–H groups in total. The van der Waals surface area contributed by atoms with Crippen molar-refractivity contribution in [2.75, 3.05) is 74.1 Å². The maximum Gasteiger partial charge on any atom is 0.208 e. The van der Waals surface area contributed by atoms with Crippen LogP contribution in [0, 0.1) is 17.2 Å². The summed E-state index contributed by atoms with van der Waals surface area (Å²) >= 11 is 1.63. The Bertz CT molecular complexity index is 1880. The molecule has 246 valence electrons. The summed E-state index contributed by atoms with van der Waals surface area (Å²) in [6.45, 7) is 8.81. The minimum atomic E-state index is 0.302. The topological polar surface area (TPSA) is 124 Å². The maximum absolute atomic E-state index is 9.30. The summed E-state index contributed by atoms with van der Waals surface area (Å²) in [5.41, 5.74) is 4.99. The van der Waals surface area contributed by atoms with E-state index in [1.807, 2.05) is 41.2 Å². The quantitative estimate of drug-likeness (QED) is 0.246. The summed E-state index contributed by atoms with van der Waals surface area (Å²) in [4.78, 5) is 16.8. The highest BCUT2D eigenvalue weighted by Crippen LogP contribution is 2.36. The first-order chi connectivity index (χ1) is 23.7. The molecular weight excluding hydrogens is 623 g/mol. The molecular formula is C35H39N11OS. The van der Waals surface area contributed by atoms with Crippen molar-refractivity contribution in [3.63, 3.8) is 0 Å². The van der Waals surface area contributed by atoms with Crippen LogP contribution >= 0.6 is 11.3 Å². The molecule has 3 aliphatic rings. The van der Waals surface area contributed by atoms with Gasteiger partial charge in [-0.2, -0.15) is 10.4 Å². The van der Waals surface area contributed by atoms with Gasteiger partial charge in [-0.3, -0.25) is 9.88 Å². The van der Waals surface area contributed by atoms with Gasteiger partial charge in [-0.05, 0) is 68.0 Å². The van der Waals surface area contributed by atoms with Crippen LogP contribution in [0.25, 0.3) is 27.5 Å². The van der Waals surface area contributed by atoms with Crippen LogP contribution in [0.15, 0.2) is 61.1 Å². The summed E-state index contributed by atoms with van der Waals surface area (Å²) in [6.07, 6.45) is 9.69. The average molecular weight is 662 g/mol. The van der Waals surface area contributed by atoms with E-state index in [0.29, 0.717) is 11.6 Å². The van der Waals surface area contributed by atoms with Gasteiger partial charge < -0.3 is 19.9 Å². The zero-order chi connectivity index (χ0) is 32.3. The molecule has 8 rings (SSSR count). The predicted molar refractivity (Wildman–Crippen MR) is 187 cm³/mol. The van der Waals surface area contributed by atoms with Crippen molar-refractivity contribution in [2.24, 2.45) is 5.92 Å².